The van der Waals surface area contributed by atoms with E-state index in [0.29, 0.717) is 19.6 Å². The first-order chi connectivity index (χ1) is 7.34. The Balaban J connectivity index is 4.73. The number of nitrogens with zero attached hydrogens (tertiary/aromatic N) is 1. The van der Waals surface area contributed by atoms with E-state index in [9.17, 15) is 13.2 Å². The van der Waals surface area contributed by atoms with Crippen LogP contribution in [-0.4, -0.2) is 45.8 Å². The largest absolute Gasteiger partial charge is 0.452 e. The minimum Gasteiger partial charge on any atom is -0.452 e. The summed E-state index contributed by atoms with van der Waals surface area (Å²) in [5.41, 5.74) is 0. The monoisotopic (exact) mass is 254 g/mol. The van der Waals surface area contributed by atoms with Crippen molar-refractivity contribution in [3.8, 4) is 0 Å². The molecule has 0 saturated carbocycles. The number of ether oxygens (including phenoxy) is 1. The predicted octanol–water partition coefficient (Wildman–Crippen LogP) is -0.0317. The Morgan fingerprint density at radius 1 is 1.19 bits per heavy atom. The summed E-state index contributed by atoms with van der Waals surface area (Å²) < 4.78 is 29.3. The van der Waals surface area contributed by atoms with Gasteiger partial charge in [-0.15, -0.1) is 0 Å². The van der Waals surface area contributed by atoms with E-state index in [-0.39, 0.29) is 4.59 Å². The molecule has 0 spiro atoms. The maximum atomic E-state index is 11.6. The zero-order chi connectivity index (χ0) is 12.8. The number of methoxy groups -OCH3 is 1. The van der Waals surface area contributed by atoms with Crippen molar-refractivity contribution in [1.29, 1.82) is 0 Å². The molecule has 0 aliphatic heterocycles. The zero-order valence-electron chi connectivity index (χ0n) is 10.1. The van der Waals surface area contributed by atoms with Gasteiger partial charge < -0.3 is 4.74 Å². The molecule has 2 N–H and O–H groups in total. The highest BCUT2D eigenvalue weighted by molar-refractivity contribution is 7.87. The highest BCUT2D eigenvalue weighted by Gasteiger charge is 2.29. The second kappa shape index (κ2) is 6.02. The van der Waals surface area contributed by atoms with Gasteiger partial charge in [-0.2, -0.15) is 8.42 Å². The molecule has 0 aliphatic carbocycles. The van der Waals surface area contributed by atoms with Gasteiger partial charge in [-0.1, -0.05) is 0 Å². The van der Waals surface area contributed by atoms with Crippen LogP contribution in [0.25, 0.3) is 0 Å². The lowest BCUT2D eigenvalue weighted by Gasteiger charge is -2.33. The fourth-order valence-corrected chi connectivity index (χ4v) is 2.54. The Morgan fingerprint density at radius 3 is 1.94 bits per heavy atom. The molecule has 0 atom stereocenters. The standard InChI is InChI=1S/C8H19N3O4S/c1-5-11(6-2,7-3)10-16(13,14)9-8(12)15-4/h10H,5-7H2,1-4H3/p+1. The Labute approximate surface area is 96.5 Å². The summed E-state index contributed by atoms with van der Waals surface area (Å²) >= 11 is 0. The number of carbonyl (C=O) groups excluding carboxylic acids is 1. The maximum Gasteiger partial charge on any atom is 0.421 e. The van der Waals surface area contributed by atoms with Gasteiger partial charge in [0.25, 0.3) is 0 Å². The molecule has 0 rings (SSSR count). The van der Waals surface area contributed by atoms with Gasteiger partial charge in [0.1, 0.15) is 0 Å². The zero-order valence-corrected chi connectivity index (χ0v) is 10.9. The molecule has 0 saturated heterocycles. The molecule has 0 unspecified atom stereocenters. The summed E-state index contributed by atoms with van der Waals surface area (Å²) in [5, 5.41) is 0. The van der Waals surface area contributed by atoms with Gasteiger partial charge in [0.05, 0.1) is 26.7 Å². The van der Waals surface area contributed by atoms with Gasteiger partial charge in [0, 0.05) is 0 Å². The first-order valence-corrected chi connectivity index (χ1v) is 6.58. The van der Waals surface area contributed by atoms with Crippen LogP contribution in [0.5, 0.6) is 0 Å². The van der Waals surface area contributed by atoms with Crippen LogP contribution in [-0.2, 0) is 14.9 Å². The van der Waals surface area contributed by atoms with Crippen LogP contribution in [0.2, 0.25) is 0 Å². The summed E-state index contributed by atoms with van der Waals surface area (Å²) in [6, 6.07) is 0. The molecule has 8 heteroatoms. The minimum atomic E-state index is -3.89. The second-order valence-corrected chi connectivity index (χ2v) is 4.68. The van der Waals surface area contributed by atoms with E-state index in [0.717, 1.165) is 7.11 Å². The van der Waals surface area contributed by atoms with E-state index < -0.39 is 16.3 Å². The van der Waals surface area contributed by atoms with Crippen LogP contribution in [0, 0.1) is 0 Å². The molecule has 0 radical (unpaired) electrons. The molecular formula is C8H20N3O4S+. The average Bonchev–Trinajstić information content (AvgIpc) is 2.25. The molecular weight excluding hydrogens is 234 g/mol. The van der Waals surface area contributed by atoms with Crippen molar-refractivity contribution in [1.82, 2.24) is 9.55 Å². The van der Waals surface area contributed by atoms with Crippen LogP contribution >= 0.6 is 0 Å². The third-order valence-electron chi connectivity index (χ3n) is 2.53. The number of nitrogens with one attached hydrogen (secondary N) is 2. The van der Waals surface area contributed by atoms with Crippen LogP contribution in [0.1, 0.15) is 20.8 Å². The van der Waals surface area contributed by atoms with E-state index in [1.54, 1.807) is 4.72 Å². The third-order valence-corrected chi connectivity index (χ3v) is 3.60. The lowest BCUT2D eigenvalue weighted by Crippen LogP contribution is -2.62. The summed E-state index contributed by atoms with van der Waals surface area (Å²) in [5.74, 6) is 0. The SMILES string of the molecule is CC[N+](CC)(CC)NS(=O)(=O)NC(=O)OC. The smallest absolute Gasteiger partial charge is 0.421 e. The van der Waals surface area contributed by atoms with Crippen molar-refractivity contribution in [3.05, 3.63) is 0 Å². The van der Waals surface area contributed by atoms with Crippen molar-refractivity contribution in [3.63, 3.8) is 0 Å². The van der Waals surface area contributed by atoms with E-state index in [4.69, 9.17) is 0 Å². The lowest BCUT2D eigenvalue weighted by molar-refractivity contribution is -0.951. The van der Waals surface area contributed by atoms with E-state index in [1.807, 2.05) is 20.8 Å². The first kappa shape index (κ1) is 15.1. The number of hydrogen-bond donors (Lipinski definition) is 2. The Hall–Kier alpha value is -0.860. The van der Waals surface area contributed by atoms with Crippen molar-refractivity contribution in [2.75, 3.05) is 26.7 Å². The molecule has 0 aromatic carbocycles. The molecule has 7 nitrogen and oxygen atoms in total. The highest BCUT2D eigenvalue weighted by atomic mass is 32.2. The summed E-state index contributed by atoms with van der Waals surface area (Å²) in [4.78, 5) is 13.2. The van der Waals surface area contributed by atoms with Gasteiger partial charge in [0.2, 0.25) is 0 Å². The summed E-state index contributed by atoms with van der Waals surface area (Å²) in [6.07, 6.45) is -1.01. The highest BCUT2D eigenvalue weighted by Crippen LogP contribution is 2.02. The number of hydrogen-bond acceptors (Lipinski definition) is 4. The molecule has 0 aromatic rings. The number of rotatable bonds is 6. The Morgan fingerprint density at radius 2 is 1.62 bits per heavy atom. The van der Waals surface area contributed by atoms with E-state index in [2.05, 4.69) is 9.57 Å². The summed E-state index contributed by atoms with van der Waals surface area (Å²) in [7, 11) is -2.79. The quantitative estimate of drug-likeness (QED) is 0.515. The molecule has 16 heavy (non-hydrogen) atoms. The topological polar surface area (TPSA) is 84.5 Å². The van der Waals surface area contributed by atoms with Crippen LogP contribution in [0.15, 0.2) is 0 Å². The van der Waals surface area contributed by atoms with Gasteiger partial charge in [-0.05, 0) is 25.6 Å². The molecule has 0 fully saturated rings. The van der Waals surface area contributed by atoms with Gasteiger partial charge >= 0.3 is 16.3 Å². The van der Waals surface area contributed by atoms with Crippen LogP contribution < -0.4 is 9.55 Å². The lowest BCUT2D eigenvalue weighted by atomic mass is 10.5. The number of carbonyl (C=O) groups is 1. The minimum absolute atomic E-state index is 0.173. The maximum absolute atomic E-state index is 11.6. The number of quaternary nitrogens is 1. The normalized spacial score (nSPS) is 12.2. The molecule has 0 aromatic heterocycles. The first-order valence-electron chi connectivity index (χ1n) is 5.10. The average molecular weight is 254 g/mol. The van der Waals surface area contributed by atoms with Gasteiger partial charge in [-0.3, -0.25) is 0 Å². The van der Waals surface area contributed by atoms with E-state index >= 15 is 0 Å². The molecule has 0 aliphatic rings. The van der Waals surface area contributed by atoms with Crippen LogP contribution in [0.4, 0.5) is 4.79 Å². The fourth-order valence-electron chi connectivity index (χ4n) is 1.29. The Kier molecular flexibility index (Phi) is 5.70. The van der Waals surface area contributed by atoms with Gasteiger partial charge in [0.15, 0.2) is 0 Å². The van der Waals surface area contributed by atoms with Gasteiger partial charge in [-0.25, -0.2) is 14.1 Å². The van der Waals surface area contributed by atoms with Crippen molar-refractivity contribution in [2.24, 2.45) is 0 Å². The second-order valence-electron chi connectivity index (χ2n) is 3.28. The third kappa shape index (κ3) is 4.33. The molecule has 96 valence electrons. The van der Waals surface area contributed by atoms with Crippen molar-refractivity contribution in [2.45, 2.75) is 20.8 Å². The van der Waals surface area contributed by atoms with Crippen LogP contribution in [0.3, 0.4) is 0 Å². The molecule has 0 bridgehead atoms. The molecule has 0 heterocycles. The number of amides is 1. The Bertz CT molecular complexity index is 316. The predicted molar refractivity (Wildman–Crippen MR) is 59.5 cm³/mol. The van der Waals surface area contributed by atoms with E-state index in [1.165, 1.54) is 0 Å². The van der Waals surface area contributed by atoms with Crippen molar-refractivity contribution >= 4 is 16.3 Å². The van der Waals surface area contributed by atoms with Crippen molar-refractivity contribution < 1.29 is 22.5 Å². The summed E-state index contributed by atoms with van der Waals surface area (Å²) in [6.45, 7) is 7.38. The molecule has 1 amide bonds. The fraction of sp³-hybridized carbons (Fsp3) is 0.875.